The fourth-order valence-electron chi connectivity index (χ4n) is 5.07. The van der Waals surface area contributed by atoms with Gasteiger partial charge in [-0.1, -0.05) is 0 Å². The summed E-state index contributed by atoms with van der Waals surface area (Å²) in [4.78, 5) is 40.6. The largest absolute Gasteiger partial charge is 0.502 e. The van der Waals surface area contributed by atoms with Crippen LogP contribution in [-0.2, 0) is 11.3 Å². The highest BCUT2D eigenvalue weighted by molar-refractivity contribution is 5.99. The molecular formula is C23H23F3N4O5. The molecule has 2 aromatic rings. The molecule has 0 radical (unpaired) electrons. The highest BCUT2D eigenvalue weighted by Crippen LogP contribution is 2.37. The van der Waals surface area contributed by atoms with Crippen LogP contribution in [0.1, 0.15) is 53.1 Å². The number of hydrogen-bond acceptors (Lipinski definition) is 6. The van der Waals surface area contributed by atoms with Gasteiger partial charge in [0.2, 0.25) is 5.43 Å². The summed E-state index contributed by atoms with van der Waals surface area (Å²) in [6.45, 7) is 3.33. The van der Waals surface area contributed by atoms with E-state index in [0.29, 0.717) is 18.7 Å². The van der Waals surface area contributed by atoms with Gasteiger partial charge in [-0.15, -0.1) is 0 Å². The number of rotatable bonds is 4. The Kier molecular flexibility index (Phi) is 5.50. The van der Waals surface area contributed by atoms with Gasteiger partial charge >= 0.3 is 0 Å². The van der Waals surface area contributed by atoms with Crippen molar-refractivity contribution in [2.45, 2.75) is 57.6 Å². The van der Waals surface area contributed by atoms with Gasteiger partial charge in [0, 0.05) is 36.5 Å². The van der Waals surface area contributed by atoms with Gasteiger partial charge in [-0.25, -0.2) is 13.2 Å². The summed E-state index contributed by atoms with van der Waals surface area (Å²) in [7, 11) is 0. The Bertz CT molecular complexity index is 1270. The second-order valence-electron chi connectivity index (χ2n) is 9.16. The van der Waals surface area contributed by atoms with E-state index in [-0.39, 0.29) is 23.9 Å². The number of aromatic hydroxyl groups is 1. The number of hydrogen-bond donors (Lipinski definition) is 2. The maximum absolute atomic E-state index is 13.9. The number of fused-ring (bicyclic) bond motifs is 6. The fourth-order valence-corrected chi connectivity index (χ4v) is 5.07. The maximum atomic E-state index is 13.9. The van der Waals surface area contributed by atoms with Gasteiger partial charge in [-0.2, -0.15) is 0 Å². The minimum absolute atomic E-state index is 0.116. The number of ether oxygens (including phenoxy) is 1. The lowest BCUT2D eigenvalue weighted by Gasteiger charge is -2.52. The zero-order valence-corrected chi connectivity index (χ0v) is 18.9. The SMILES string of the molecule is CC(C)N1C(=O)c2c(O)c(=O)c(C(=O)NCc3c(F)cc(F)cc3F)cn2N2C[C@@H]3CC[C@@H](O3)[C@@H]12. The second kappa shape index (κ2) is 8.29. The number of halogens is 3. The van der Waals surface area contributed by atoms with Crippen LogP contribution in [0.2, 0.25) is 0 Å². The van der Waals surface area contributed by atoms with E-state index in [9.17, 15) is 32.7 Å². The van der Waals surface area contributed by atoms with Crippen LogP contribution in [0.25, 0.3) is 0 Å². The molecule has 2 saturated heterocycles. The molecule has 186 valence electrons. The molecule has 2 bridgehead atoms. The summed E-state index contributed by atoms with van der Waals surface area (Å²) in [6.07, 6.45) is 1.75. The molecule has 0 aliphatic carbocycles. The highest BCUT2D eigenvalue weighted by Gasteiger charge is 2.51. The van der Waals surface area contributed by atoms with Crippen LogP contribution in [0.5, 0.6) is 5.75 Å². The van der Waals surface area contributed by atoms with Crippen molar-refractivity contribution in [3.8, 4) is 5.75 Å². The van der Waals surface area contributed by atoms with E-state index in [0.717, 1.165) is 19.0 Å². The third kappa shape index (κ3) is 3.63. The number of carbonyl (C=O) groups is 2. The molecule has 0 spiro atoms. The van der Waals surface area contributed by atoms with E-state index in [4.69, 9.17) is 4.74 Å². The minimum atomic E-state index is -1.20. The summed E-state index contributed by atoms with van der Waals surface area (Å²) >= 11 is 0. The van der Waals surface area contributed by atoms with Crippen molar-refractivity contribution >= 4 is 11.8 Å². The summed E-state index contributed by atoms with van der Waals surface area (Å²) in [6, 6.07) is 0.689. The Hall–Kier alpha value is -3.54. The Morgan fingerprint density at radius 2 is 1.89 bits per heavy atom. The van der Waals surface area contributed by atoms with Crippen LogP contribution in [0.15, 0.2) is 23.1 Å². The molecule has 1 aromatic heterocycles. The Labute approximate surface area is 197 Å². The molecule has 35 heavy (non-hydrogen) atoms. The van der Waals surface area contributed by atoms with Crippen molar-refractivity contribution in [2.75, 3.05) is 11.6 Å². The topological polar surface area (TPSA) is 104 Å². The number of carbonyl (C=O) groups excluding carboxylic acids is 2. The van der Waals surface area contributed by atoms with Gasteiger partial charge in [-0.05, 0) is 26.7 Å². The number of nitrogens with one attached hydrogen (secondary N) is 1. The van der Waals surface area contributed by atoms with Gasteiger partial charge in [0.25, 0.3) is 11.8 Å². The standard InChI is InChI=1S/C23H23F3N4O5/c1-10(2)30-22-17-4-3-12(35-17)8-29(22)28-9-14(19(31)20(32)18(28)23(30)34)21(33)27-7-13-15(25)5-11(24)6-16(13)26/h5-6,9-10,12,17,22,32H,3-4,7-8H2,1-2H3,(H,27,33)/t12-,17+,22+/m0/s1. The van der Waals surface area contributed by atoms with Gasteiger partial charge in [0.15, 0.2) is 11.4 Å². The van der Waals surface area contributed by atoms with Crippen molar-refractivity contribution in [1.82, 2.24) is 14.9 Å². The minimum Gasteiger partial charge on any atom is -0.502 e. The molecule has 2 fully saturated rings. The van der Waals surface area contributed by atoms with E-state index >= 15 is 0 Å². The highest BCUT2D eigenvalue weighted by atomic mass is 19.1. The third-order valence-electron chi connectivity index (χ3n) is 6.66. The summed E-state index contributed by atoms with van der Waals surface area (Å²) in [5.74, 6) is -5.99. The number of aromatic nitrogens is 1. The Morgan fingerprint density at radius 3 is 2.54 bits per heavy atom. The summed E-state index contributed by atoms with van der Waals surface area (Å²) in [5.41, 5.74) is -2.47. The smallest absolute Gasteiger partial charge is 0.278 e. The second-order valence-corrected chi connectivity index (χ2v) is 9.16. The Morgan fingerprint density at radius 1 is 1.20 bits per heavy atom. The van der Waals surface area contributed by atoms with Crippen molar-refractivity contribution in [2.24, 2.45) is 0 Å². The molecule has 9 nitrogen and oxygen atoms in total. The predicted molar refractivity (Wildman–Crippen MR) is 116 cm³/mol. The predicted octanol–water partition coefficient (Wildman–Crippen LogP) is 1.59. The normalized spacial score (nSPS) is 22.9. The first-order valence-corrected chi connectivity index (χ1v) is 11.2. The van der Waals surface area contributed by atoms with Gasteiger partial charge in [0.1, 0.15) is 29.2 Å². The van der Waals surface area contributed by atoms with Crippen LogP contribution in [0, 0.1) is 17.5 Å². The molecule has 3 aliphatic rings. The lowest BCUT2D eigenvalue weighted by molar-refractivity contribution is -0.0599. The monoisotopic (exact) mass is 492 g/mol. The maximum Gasteiger partial charge on any atom is 0.278 e. The first kappa shape index (κ1) is 23.2. The molecule has 3 atom stereocenters. The molecule has 12 heteroatoms. The number of morpholine rings is 1. The molecule has 1 aromatic carbocycles. The summed E-state index contributed by atoms with van der Waals surface area (Å²) in [5, 5.41) is 14.7. The van der Waals surface area contributed by atoms with E-state index in [2.05, 4.69) is 5.32 Å². The number of benzene rings is 1. The average Bonchev–Trinajstić information content (AvgIpc) is 3.17. The van der Waals surface area contributed by atoms with Crippen LogP contribution in [-0.4, -0.2) is 57.5 Å². The number of amides is 2. The fraction of sp³-hybridized carbons (Fsp3) is 0.435. The number of pyridine rings is 1. The van der Waals surface area contributed by atoms with Crippen LogP contribution in [0.3, 0.4) is 0 Å². The van der Waals surface area contributed by atoms with Crippen LogP contribution in [0.4, 0.5) is 13.2 Å². The van der Waals surface area contributed by atoms with Crippen molar-refractivity contribution in [3.63, 3.8) is 0 Å². The molecule has 4 heterocycles. The van der Waals surface area contributed by atoms with E-state index < -0.39 is 64.3 Å². The molecule has 3 aliphatic heterocycles. The molecule has 5 rings (SSSR count). The summed E-state index contributed by atoms with van der Waals surface area (Å²) < 4.78 is 48.4. The van der Waals surface area contributed by atoms with Gasteiger partial charge in [-0.3, -0.25) is 24.1 Å². The van der Waals surface area contributed by atoms with Crippen molar-refractivity contribution in [1.29, 1.82) is 0 Å². The van der Waals surface area contributed by atoms with Gasteiger partial charge < -0.3 is 20.1 Å². The Balaban J connectivity index is 1.53. The third-order valence-corrected chi connectivity index (χ3v) is 6.66. The molecule has 2 amide bonds. The van der Waals surface area contributed by atoms with E-state index in [1.165, 1.54) is 4.68 Å². The first-order valence-electron chi connectivity index (χ1n) is 11.2. The van der Waals surface area contributed by atoms with Crippen LogP contribution >= 0.6 is 0 Å². The van der Waals surface area contributed by atoms with Crippen LogP contribution < -0.4 is 15.8 Å². The van der Waals surface area contributed by atoms with Crippen molar-refractivity contribution < 1.29 is 32.6 Å². The average molecular weight is 492 g/mol. The molecule has 2 N–H and O–H groups in total. The quantitative estimate of drug-likeness (QED) is 0.672. The first-order chi connectivity index (χ1) is 16.6. The number of nitrogens with zero attached hydrogens (tertiary/aromatic N) is 3. The molecular weight excluding hydrogens is 469 g/mol. The van der Waals surface area contributed by atoms with Crippen molar-refractivity contribution in [3.05, 3.63) is 62.8 Å². The molecule has 0 saturated carbocycles. The zero-order valence-electron chi connectivity index (χ0n) is 18.9. The zero-order chi connectivity index (χ0) is 25.2. The van der Waals surface area contributed by atoms with Gasteiger partial charge in [0.05, 0.1) is 18.8 Å². The molecule has 0 unspecified atom stereocenters. The lowest BCUT2D eigenvalue weighted by atomic mass is 10.1. The van der Waals surface area contributed by atoms with E-state index in [1.54, 1.807) is 9.91 Å². The lowest BCUT2D eigenvalue weighted by Crippen LogP contribution is -2.70. The van der Waals surface area contributed by atoms with E-state index in [1.807, 2.05) is 13.8 Å².